The number of carboxylic acids is 1. The van der Waals surface area contributed by atoms with Crippen molar-refractivity contribution in [3.05, 3.63) is 67.8 Å². The van der Waals surface area contributed by atoms with E-state index in [0.29, 0.717) is 5.75 Å². The number of nitro benzene ring substituents is 1. The zero-order chi connectivity index (χ0) is 15.1. The molecule has 6 nitrogen and oxygen atoms in total. The number of benzene rings is 2. The van der Waals surface area contributed by atoms with Crippen LogP contribution in [-0.4, -0.2) is 21.1 Å². The summed E-state index contributed by atoms with van der Waals surface area (Å²) >= 11 is 1.65. The third-order valence-corrected chi connectivity index (χ3v) is 3.30. The summed E-state index contributed by atoms with van der Waals surface area (Å²) in [6.07, 6.45) is 0. The summed E-state index contributed by atoms with van der Waals surface area (Å²) in [5, 5.41) is 27.7. The summed E-state index contributed by atoms with van der Waals surface area (Å²) in [4.78, 5) is 20.4. The number of phenols is 1. The highest BCUT2D eigenvalue weighted by Crippen LogP contribution is 2.23. The molecule has 0 radical (unpaired) electrons. The summed E-state index contributed by atoms with van der Waals surface area (Å²) in [5.41, 5.74) is -0.227. The van der Waals surface area contributed by atoms with Crippen molar-refractivity contribution in [1.29, 1.82) is 0 Å². The molecule has 0 aromatic heterocycles. The Kier molecular flexibility index (Phi) is 5.91. The zero-order valence-corrected chi connectivity index (χ0v) is 12.2. The SMILES string of the molecule is O=C(O)c1cccc([N+](=O)[O-])c1I.Oc1ccccc1. The van der Waals surface area contributed by atoms with Gasteiger partial charge in [-0.1, -0.05) is 24.3 Å². The quantitative estimate of drug-likeness (QED) is 0.468. The number of aromatic hydroxyl groups is 1. The smallest absolute Gasteiger partial charge is 0.337 e. The number of nitrogens with zero attached hydrogens (tertiary/aromatic N) is 1. The van der Waals surface area contributed by atoms with E-state index >= 15 is 0 Å². The van der Waals surface area contributed by atoms with Gasteiger partial charge in [0.1, 0.15) is 9.32 Å². The zero-order valence-electron chi connectivity index (χ0n) is 10.1. The van der Waals surface area contributed by atoms with Crippen LogP contribution in [0.4, 0.5) is 5.69 Å². The van der Waals surface area contributed by atoms with E-state index in [0.717, 1.165) is 0 Å². The monoisotopic (exact) mass is 387 g/mol. The van der Waals surface area contributed by atoms with Crippen LogP contribution in [0.5, 0.6) is 5.75 Å². The van der Waals surface area contributed by atoms with Crippen molar-refractivity contribution >= 4 is 34.2 Å². The van der Waals surface area contributed by atoms with Gasteiger partial charge >= 0.3 is 5.97 Å². The van der Waals surface area contributed by atoms with Crippen LogP contribution in [0.15, 0.2) is 48.5 Å². The van der Waals surface area contributed by atoms with Gasteiger partial charge in [-0.3, -0.25) is 10.1 Å². The molecule has 0 atom stereocenters. The van der Waals surface area contributed by atoms with Crippen molar-refractivity contribution in [2.24, 2.45) is 0 Å². The van der Waals surface area contributed by atoms with E-state index < -0.39 is 10.9 Å². The molecule has 2 N–H and O–H groups in total. The molecule has 0 fully saturated rings. The fourth-order valence-corrected chi connectivity index (χ4v) is 2.04. The molecule has 0 amide bonds. The highest BCUT2D eigenvalue weighted by atomic mass is 127. The minimum Gasteiger partial charge on any atom is -0.508 e. The van der Waals surface area contributed by atoms with Crippen LogP contribution < -0.4 is 0 Å². The minimum atomic E-state index is -1.16. The maximum atomic E-state index is 10.6. The molecule has 2 rings (SSSR count). The summed E-state index contributed by atoms with van der Waals surface area (Å²) in [5.74, 6) is -0.837. The summed E-state index contributed by atoms with van der Waals surface area (Å²) in [7, 11) is 0. The Balaban J connectivity index is 0.000000240. The number of hydrogen-bond acceptors (Lipinski definition) is 4. The second-order valence-corrected chi connectivity index (χ2v) is 4.62. The Bertz CT molecular complexity index is 583. The van der Waals surface area contributed by atoms with Crippen molar-refractivity contribution < 1.29 is 19.9 Å². The third-order valence-electron chi connectivity index (χ3n) is 2.16. The van der Waals surface area contributed by atoms with Crippen LogP contribution in [-0.2, 0) is 0 Å². The number of aromatic carboxylic acids is 1. The molecule has 0 saturated carbocycles. The van der Waals surface area contributed by atoms with Crippen molar-refractivity contribution in [3.8, 4) is 5.75 Å². The maximum absolute atomic E-state index is 10.6. The van der Waals surface area contributed by atoms with Crippen LogP contribution in [0, 0.1) is 13.7 Å². The number of hydrogen-bond donors (Lipinski definition) is 2. The fourth-order valence-electron chi connectivity index (χ4n) is 1.25. The highest BCUT2D eigenvalue weighted by Gasteiger charge is 2.18. The van der Waals surface area contributed by atoms with Gasteiger partial charge < -0.3 is 10.2 Å². The molecule has 20 heavy (non-hydrogen) atoms. The molecule has 2 aromatic carbocycles. The summed E-state index contributed by atoms with van der Waals surface area (Å²) < 4.78 is 0.151. The molecule has 0 heterocycles. The van der Waals surface area contributed by atoms with Gasteiger partial charge in [-0.25, -0.2) is 4.79 Å². The van der Waals surface area contributed by atoms with E-state index in [1.54, 1.807) is 46.9 Å². The lowest BCUT2D eigenvalue weighted by atomic mass is 10.2. The van der Waals surface area contributed by atoms with Gasteiger partial charge in [-0.15, -0.1) is 0 Å². The lowest BCUT2D eigenvalue weighted by Crippen LogP contribution is -2.02. The van der Waals surface area contributed by atoms with Crippen LogP contribution in [0.1, 0.15) is 10.4 Å². The average Bonchev–Trinajstić information content (AvgIpc) is 2.40. The molecule has 0 bridgehead atoms. The minimum absolute atomic E-state index is 0.0465. The predicted octanol–water partition coefficient (Wildman–Crippen LogP) is 3.29. The van der Waals surface area contributed by atoms with E-state index in [1.165, 1.54) is 18.2 Å². The second kappa shape index (κ2) is 7.43. The number of carboxylic acid groups (broad SMARTS) is 1. The topological polar surface area (TPSA) is 101 Å². The Labute approximate surface area is 128 Å². The fraction of sp³-hybridized carbons (Fsp3) is 0. The third kappa shape index (κ3) is 4.50. The van der Waals surface area contributed by atoms with Gasteiger partial charge in [-0.2, -0.15) is 0 Å². The van der Waals surface area contributed by atoms with Crippen molar-refractivity contribution in [2.45, 2.75) is 0 Å². The predicted molar refractivity (Wildman–Crippen MR) is 80.9 cm³/mol. The van der Waals surface area contributed by atoms with Crippen molar-refractivity contribution in [2.75, 3.05) is 0 Å². The molecule has 0 aliphatic rings. The highest BCUT2D eigenvalue weighted by molar-refractivity contribution is 14.1. The standard InChI is InChI=1S/C7H4INO4.C6H6O/c8-6-4(7(10)11)2-1-3-5(6)9(12)13;7-6-4-2-1-3-5-6/h1-3H,(H,10,11);1-5,7H. The molecule has 2 aromatic rings. The van der Waals surface area contributed by atoms with Crippen molar-refractivity contribution in [3.63, 3.8) is 0 Å². The Hall–Kier alpha value is -2.16. The van der Waals surface area contributed by atoms with Crippen LogP contribution >= 0.6 is 22.6 Å². The van der Waals surface area contributed by atoms with Crippen LogP contribution in [0.2, 0.25) is 0 Å². The molecule has 0 unspecified atom stereocenters. The number of phenolic OH excluding ortho intramolecular Hbond substituents is 1. The first-order valence-electron chi connectivity index (χ1n) is 5.33. The van der Waals surface area contributed by atoms with E-state index in [-0.39, 0.29) is 14.8 Å². The molecule has 104 valence electrons. The van der Waals surface area contributed by atoms with Crippen LogP contribution in [0.25, 0.3) is 0 Å². The van der Waals surface area contributed by atoms with Gasteiger partial charge in [0.25, 0.3) is 5.69 Å². The first kappa shape index (κ1) is 15.9. The number of halogens is 1. The molecule has 7 heteroatoms. The van der Waals surface area contributed by atoms with E-state index in [9.17, 15) is 14.9 Å². The molecule has 0 aliphatic heterocycles. The Morgan fingerprint density at radius 2 is 1.70 bits per heavy atom. The van der Waals surface area contributed by atoms with Gasteiger partial charge in [0, 0.05) is 6.07 Å². The Morgan fingerprint density at radius 1 is 1.10 bits per heavy atom. The first-order chi connectivity index (χ1) is 9.43. The Morgan fingerprint density at radius 3 is 2.10 bits per heavy atom. The van der Waals surface area contributed by atoms with Gasteiger partial charge in [0.2, 0.25) is 0 Å². The van der Waals surface area contributed by atoms with Gasteiger partial charge in [0.15, 0.2) is 0 Å². The van der Waals surface area contributed by atoms with E-state index in [1.807, 2.05) is 6.07 Å². The largest absolute Gasteiger partial charge is 0.508 e. The average molecular weight is 387 g/mol. The van der Waals surface area contributed by atoms with Crippen LogP contribution in [0.3, 0.4) is 0 Å². The maximum Gasteiger partial charge on any atom is 0.337 e. The lowest BCUT2D eigenvalue weighted by Gasteiger charge is -1.98. The summed E-state index contributed by atoms with van der Waals surface area (Å²) in [6, 6.07) is 12.7. The molecule has 0 saturated heterocycles. The van der Waals surface area contributed by atoms with Crippen molar-refractivity contribution in [1.82, 2.24) is 0 Å². The number of rotatable bonds is 2. The molecule has 0 spiro atoms. The molecule has 0 aliphatic carbocycles. The van der Waals surface area contributed by atoms with E-state index in [2.05, 4.69) is 0 Å². The summed E-state index contributed by atoms with van der Waals surface area (Å²) in [6.45, 7) is 0. The number of para-hydroxylation sites is 1. The van der Waals surface area contributed by atoms with Gasteiger partial charge in [-0.05, 0) is 40.8 Å². The first-order valence-corrected chi connectivity index (χ1v) is 6.41. The molecular weight excluding hydrogens is 377 g/mol. The van der Waals surface area contributed by atoms with E-state index in [4.69, 9.17) is 10.2 Å². The number of carbonyl (C=O) groups is 1. The normalized spacial score (nSPS) is 9.25. The van der Waals surface area contributed by atoms with Gasteiger partial charge in [0.05, 0.1) is 10.5 Å². The second-order valence-electron chi connectivity index (χ2n) is 3.54. The lowest BCUT2D eigenvalue weighted by molar-refractivity contribution is -0.385. The molecular formula is C13H10INO5. The number of nitro groups is 1.